The molecule has 0 fully saturated rings. The topological polar surface area (TPSA) is 85.0 Å². The average Bonchev–Trinajstić information content (AvgIpc) is 3.39. The minimum Gasteiger partial charge on any atom is -0.480 e. The molecule has 2 heterocycles. The number of hydrogen-bond donors (Lipinski definition) is 2. The van der Waals surface area contributed by atoms with E-state index >= 15 is 0 Å². The summed E-state index contributed by atoms with van der Waals surface area (Å²) in [7, 11) is 0. The Labute approximate surface area is 166 Å². The number of nitrogens with zero attached hydrogens (tertiary/aromatic N) is 4. The van der Waals surface area contributed by atoms with Crippen molar-refractivity contribution in [2.75, 3.05) is 6.54 Å². The van der Waals surface area contributed by atoms with Crippen LogP contribution in [0.1, 0.15) is 5.56 Å². The maximum atomic E-state index is 14.6. The summed E-state index contributed by atoms with van der Waals surface area (Å²) in [6.45, 7) is 0.0601. The normalized spacial score (nSPS) is 10.9. The average molecular weight is 391 g/mol. The fourth-order valence-electron chi connectivity index (χ4n) is 3.13. The standard InChI is InChI=1S/C21H18FN5O2/c22-19-4-2-1-3-18(19)21-15(11-24-13-20(28)29)12-25-27(21)17-7-5-16(6-8-17)26-10-9-23-14-26/h1-10,12,14,24H,11,13H2,(H,28,29). The van der Waals surface area contributed by atoms with E-state index in [2.05, 4.69) is 15.4 Å². The molecule has 0 aliphatic rings. The van der Waals surface area contributed by atoms with E-state index < -0.39 is 5.97 Å². The van der Waals surface area contributed by atoms with Crippen molar-refractivity contribution < 1.29 is 14.3 Å². The Bertz CT molecular complexity index is 1120. The van der Waals surface area contributed by atoms with Gasteiger partial charge in [0.15, 0.2) is 0 Å². The smallest absolute Gasteiger partial charge is 0.317 e. The molecule has 2 aromatic carbocycles. The lowest BCUT2D eigenvalue weighted by molar-refractivity contribution is -0.135. The second-order valence-corrected chi connectivity index (χ2v) is 6.39. The zero-order valence-corrected chi connectivity index (χ0v) is 15.4. The van der Waals surface area contributed by atoms with Gasteiger partial charge in [0.05, 0.1) is 30.5 Å². The molecule has 4 rings (SSSR count). The van der Waals surface area contributed by atoms with Crippen LogP contribution in [-0.2, 0) is 11.3 Å². The summed E-state index contributed by atoms with van der Waals surface area (Å²) in [5, 5.41) is 16.1. The lowest BCUT2D eigenvalue weighted by Gasteiger charge is -2.12. The van der Waals surface area contributed by atoms with E-state index in [1.54, 1.807) is 41.6 Å². The van der Waals surface area contributed by atoms with Gasteiger partial charge >= 0.3 is 5.97 Å². The van der Waals surface area contributed by atoms with Crippen molar-refractivity contribution in [3.8, 4) is 22.6 Å². The Kier molecular flexibility index (Phi) is 5.17. The molecule has 29 heavy (non-hydrogen) atoms. The van der Waals surface area contributed by atoms with Gasteiger partial charge in [0, 0.05) is 35.8 Å². The summed E-state index contributed by atoms with van der Waals surface area (Å²) in [6, 6.07) is 14.1. The highest BCUT2D eigenvalue weighted by molar-refractivity contribution is 5.69. The molecule has 0 aliphatic heterocycles. The van der Waals surface area contributed by atoms with Crippen LogP contribution in [0.15, 0.2) is 73.4 Å². The van der Waals surface area contributed by atoms with Crippen LogP contribution in [0, 0.1) is 5.82 Å². The third kappa shape index (κ3) is 3.92. The van der Waals surface area contributed by atoms with Gasteiger partial charge < -0.3 is 15.0 Å². The van der Waals surface area contributed by atoms with Gasteiger partial charge in [-0.25, -0.2) is 14.1 Å². The van der Waals surface area contributed by atoms with Crippen molar-refractivity contribution >= 4 is 5.97 Å². The summed E-state index contributed by atoms with van der Waals surface area (Å²) >= 11 is 0. The number of aromatic nitrogens is 4. The predicted octanol–water partition coefficient (Wildman–Crippen LogP) is 3.04. The Balaban J connectivity index is 1.74. The molecule has 4 aromatic rings. The molecule has 0 saturated heterocycles. The molecule has 0 spiro atoms. The van der Waals surface area contributed by atoms with Crippen molar-refractivity contribution in [2.45, 2.75) is 6.54 Å². The fourth-order valence-corrected chi connectivity index (χ4v) is 3.13. The number of hydrogen-bond acceptors (Lipinski definition) is 4. The van der Waals surface area contributed by atoms with Gasteiger partial charge in [-0.2, -0.15) is 5.10 Å². The number of halogens is 1. The SMILES string of the molecule is O=C(O)CNCc1cnn(-c2ccc(-n3ccnc3)cc2)c1-c1ccccc1F. The van der Waals surface area contributed by atoms with Gasteiger partial charge in [0.1, 0.15) is 5.82 Å². The third-order valence-electron chi connectivity index (χ3n) is 4.46. The van der Waals surface area contributed by atoms with E-state index in [1.807, 2.05) is 35.0 Å². The Morgan fingerprint density at radius 2 is 1.86 bits per heavy atom. The van der Waals surface area contributed by atoms with Crippen LogP contribution in [0.2, 0.25) is 0 Å². The van der Waals surface area contributed by atoms with Crippen LogP contribution in [0.5, 0.6) is 0 Å². The van der Waals surface area contributed by atoms with Crippen molar-refractivity contribution in [2.24, 2.45) is 0 Å². The number of benzene rings is 2. The Morgan fingerprint density at radius 3 is 2.55 bits per heavy atom. The first-order chi connectivity index (χ1) is 14.1. The highest BCUT2D eigenvalue weighted by Crippen LogP contribution is 2.29. The second-order valence-electron chi connectivity index (χ2n) is 6.39. The maximum Gasteiger partial charge on any atom is 0.317 e. The first kappa shape index (κ1) is 18.6. The highest BCUT2D eigenvalue weighted by Gasteiger charge is 2.17. The lowest BCUT2D eigenvalue weighted by atomic mass is 10.1. The molecule has 0 bridgehead atoms. The van der Waals surface area contributed by atoms with E-state index in [9.17, 15) is 9.18 Å². The zero-order chi connectivity index (χ0) is 20.2. The highest BCUT2D eigenvalue weighted by atomic mass is 19.1. The Morgan fingerprint density at radius 1 is 1.10 bits per heavy atom. The van der Waals surface area contributed by atoms with E-state index in [-0.39, 0.29) is 18.9 Å². The third-order valence-corrected chi connectivity index (χ3v) is 4.46. The van der Waals surface area contributed by atoms with E-state index in [0.29, 0.717) is 16.8 Å². The van der Waals surface area contributed by atoms with Gasteiger partial charge in [-0.3, -0.25) is 4.79 Å². The lowest BCUT2D eigenvalue weighted by Crippen LogP contribution is -2.22. The van der Waals surface area contributed by atoms with Crippen molar-refractivity contribution in [3.63, 3.8) is 0 Å². The number of carboxylic acid groups (broad SMARTS) is 1. The Hall–Kier alpha value is -3.78. The molecule has 2 N–H and O–H groups in total. The summed E-state index contributed by atoms with van der Waals surface area (Å²) in [6.07, 6.45) is 6.88. The van der Waals surface area contributed by atoms with E-state index in [4.69, 9.17) is 5.11 Å². The molecule has 0 atom stereocenters. The molecule has 0 amide bonds. The first-order valence-corrected chi connectivity index (χ1v) is 8.96. The van der Waals surface area contributed by atoms with Gasteiger partial charge in [-0.05, 0) is 36.4 Å². The molecule has 146 valence electrons. The summed E-state index contributed by atoms with van der Waals surface area (Å²) < 4.78 is 18.1. The van der Waals surface area contributed by atoms with Gasteiger partial charge in [-0.1, -0.05) is 12.1 Å². The van der Waals surface area contributed by atoms with E-state index in [0.717, 1.165) is 11.4 Å². The number of carboxylic acids is 1. The fraction of sp³-hybridized carbons (Fsp3) is 0.0952. The largest absolute Gasteiger partial charge is 0.480 e. The van der Waals surface area contributed by atoms with Gasteiger partial charge in [-0.15, -0.1) is 0 Å². The van der Waals surface area contributed by atoms with Crippen LogP contribution in [-0.4, -0.2) is 37.0 Å². The number of imidazole rings is 1. The van der Waals surface area contributed by atoms with E-state index in [1.165, 1.54) is 6.07 Å². The molecule has 8 heteroatoms. The molecule has 0 aliphatic carbocycles. The quantitative estimate of drug-likeness (QED) is 0.506. The second kappa shape index (κ2) is 8.07. The number of rotatable bonds is 7. The summed E-state index contributed by atoms with van der Waals surface area (Å²) in [5.74, 6) is -1.33. The molecule has 0 saturated carbocycles. The van der Waals surface area contributed by atoms with Crippen molar-refractivity contribution in [1.82, 2.24) is 24.6 Å². The molecular formula is C21H18FN5O2. The minimum absolute atomic E-state index is 0.193. The molecular weight excluding hydrogens is 373 g/mol. The van der Waals surface area contributed by atoms with Gasteiger partial charge in [0.25, 0.3) is 0 Å². The number of nitrogens with one attached hydrogen (secondary N) is 1. The maximum absolute atomic E-state index is 14.6. The predicted molar refractivity (Wildman–Crippen MR) is 105 cm³/mol. The number of aliphatic carboxylic acids is 1. The summed E-state index contributed by atoms with van der Waals surface area (Å²) in [5.41, 5.74) is 3.38. The van der Waals surface area contributed by atoms with Crippen LogP contribution in [0.25, 0.3) is 22.6 Å². The molecule has 7 nitrogen and oxygen atoms in total. The molecule has 0 unspecified atom stereocenters. The first-order valence-electron chi connectivity index (χ1n) is 8.96. The monoisotopic (exact) mass is 391 g/mol. The van der Waals surface area contributed by atoms with Crippen LogP contribution >= 0.6 is 0 Å². The van der Waals surface area contributed by atoms with Crippen LogP contribution < -0.4 is 5.32 Å². The van der Waals surface area contributed by atoms with Crippen molar-refractivity contribution in [1.29, 1.82) is 0 Å². The zero-order valence-electron chi connectivity index (χ0n) is 15.4. The molecule has 2 aromatic heterocycles. The minimum atomic E-state index is -0.958. The van der Waals surface area contributed by atoms with Gasteiger partial charge in [0.2, 0.25) is 0 Å². The van der Waals surface area contributed by atoms with Crippen LogP contribution in [0.3, 0.4) is 0 Å². The number of carbonyl (C=O) groups is 1. The van der Waals surface area contributed by atoms with Crippen molar-refractivity contribution in [3.05, 3.63) is 84.8 Å². The van der Waals surface area contributed by atoms with Crippen LogP contribution in [0.4, 0.5) is 4.39 Å². The summed E-state index contributed by atoms with van der Waals surface area (Å²) in [4.78, 5) is 14.8. The molecule has 0 radical (unpaired) electrons.